The van der Waals surface area contributed by atoms with E-state index in [-0.39, 0.29) is 33.2 Å². The smallest absolute Gasteiger partial charge is 0.338 e. The number of anilines is 2. The Kier molecular flexibility index (Phi) is 6.57. The summed E-state index contributed by atoms with van der Waals surface area (Å²) in [6.07, 6.45) is 0. The number of sulfone groups is 1. The van der Waals surface area contributed by atoms with Gasteiger partial charge in [-0.25, -0.2) is 13.2 Å². The molecule has 1 aliphatic heterocycles. The highest BCUT2D eigenvalue weighted by Gasteiger charge is 2.37. The van der Waals surface area contributed by atoms with Crippen molar-refractivity contribution in [2.45, 2.75) is 16.7 Å². The zero-order valence-corrected chi connectivity index (χ0v) is 19.8. The Hall–Kier alpha value is -4.18. The van der Waals surface area contributed by atoms with E-state index in [1.165, 1.54) is 43.5 Å². The van der Waals surface area contributed by atoms with Crippen LogP contribution in [0.1, 0.15) is 27.6 Å². The molecule has 1 aliphatic rings. The van der Waals surface area contributed by atoms with Crippen LogP contribution in [0.5, 0.6) is 5.75 Å². The van der Waals surface area contributed by atoms with Gasteiger partial charge in [0.2, 0.25) is 15.7 Å². The number of carbonyl (C=O) groups is 3. The van der Waals surface area contributed by atoms with Crippen molar-refractivity contribution in [3.05, 3.63) is 77.9 Å². The summed E-state index contributed by atoms with van der Waals surface area (Å²) >= 11 is 0. The fraction of sp³-hybridized carbons (Fsp3) is 0.160. The maximum atomic E-state index is 13.5. The Balaban J connectivity index is 1.82. The molecule has 2 amide bonds. The summed E-state index contributed by atoms with van der Waals surface area (Å²) in [4.78, 5) is 39.6. The lowest BCUT2D eigenvalue weighted by molar-refractivity contribution is -0.114. The molecular weight excluding hydrogens is 472 g/mol. The molecule has 0 aliphatic carbocycles. The van der Waals surface area contributed by atoms with Crippen LogP contribution in [0, 0.1) is 0 Å². The molecule has 1 heterocycles. The summed E-state index contributed by atoms with van der Waals surface area (Å²) in [6.45, 7) is 1.24. The van der Waals surface area contributed by atoms with Crippen molar-refractivity contribution in [1.82, 2.24) is 0 Å². The average Bonchev–Trinajstić information content (AvgIpc) is 2.92. The zero-order chi connectivity index (χ0) is 25.2. The largest absolute Gasteiger partial charge is 0.495 e. The number of benzene rings is 3. The number of ether oxygens (including phenoxy) is 2. The number of amides is 2. The van der Waals surface area contributed by atoms with Crippen LogP contribution in [0.3, 0.4) is 0 Å². The monoisotopic (exact) mass is 494 g/mol. The lowest BCUT2D eigenvalue weighted by Gasteiger charge is -2.23. The molecule has 4 rings (SSSR count). The predicted octanol–water partition coefficient (Wildman–Crippen LogP) is 3.30. The molecule has 0 atom stereocenters. The Morgan fingerprint density at radius 3 is 2.43 bits per heavy atom. The average molecular weight is 495 g/mol. The van der Waals surface area contributed by atoms with Gasteiger partial charge in [0, 0.05) is 0 Å². The number of hydrogen-bond acceptors (Lipinski definition) is 7. The lowest BCUT2D eigenvalue weighted by atomic mass is 10.1. The fourth-order valence-electron chi connectivity index (χ4n) is 3.79. The second-order valence-corrected chi connectivity index (χ2v) is 9.43. The molecule has 180 valence electrons. The van der Waals surface area contributed by atoms with E-state index in [1.54, 1.807) is 37.3 Å². The molecule has 9 nitrogen and oxygen atoms in total. The molecule has 1 N–H and O–H groups in total. The first-order chi connectivity index (χ1) is 16.8. The van der Waals surface area contributed by atoms with Gasteiger partial charge in [-0.15, -0.1) is 0 Å². The van der Waals surface area contributed by atoms with Gasteiger partial charge in [-0.2, -0.15) is 0 Å². The predicted molar refractivity (Wildman–Crippen MR) is 128 cm³/mol. The van der Waals surface area contributed by atoms with Crippen molar-refractivity contribution in [1.29, 1.82) is 0 Å². The Labute approximate surface area is 202 Å². The molecule has 0 unspecified atom stereocenters. The van der Waals surface area contributed by atoms with Crippen LogP contribution in [0.4, 0.5) is 11.4 Å². The summed E-state index contributed by atoms with van der Waals surface area (Å²) in [5, 5.41) is 2.68. The highest BCUT2D eigenvalue weighted by molar-refractivity contribution is 7.91. The van der Waals surface area contributed by atoms with Crippen LogP contribution >= 0.6 is 0 Å². The van der Waals surface area contributed by atoms with Crippen LogP contribution in [-0.4, -0.2) is 46.5 Å². The van der Waals surface area contributed by atoms with E-state index in [9.17, 15) is 22.8 Å². The topological polar surface area (TPSA) is 119 Å². The summed E-state index contributed by atoms with van der Waals surface area (Å²) < 4.78 is 37.2. The van der Waals surface area contributed by atoms with Gasteiger partial charge in [-0.05, 0) is 49.4 Å². The molecule has 0 aromatic heterocycles. The molecule has 35 heavy (non-hydrogen) atoms. The summed E-state index contributed by atoms with van der Waals surface area (Å²) in [6, 6.07) is 16.3. The first-order valence-corrected chi connectivity index (χ1v) is 12.2. The van der Waals surface area contributed by atoms with Crippen LogP contribution in [0.15, 0.2) is 76.5 Å². The van der Waals surface area contributed by atoms with E-state index in [2.05, 4.69) is 5.32 Å². The minimum atomic E-state index is -4.13. The van der Waals surface area contributed by atoms with E-state index in [1.807, 2.05) is 0 Å². The van der Waals surface area contributed by atoms with Crippen LogP contribution in [0.25, 0.3) is 0 Å². The number of rotatable bonds is 6. The molecule has 0 bridgehead atoms. The van der Waals surface area contributed by atoms with Gasteiger partial charge in [0.15, 0.2) is 0 Å². The van der Waals surface area contributed by atoms with Gasteiger partial charge in [-0.3, -0.25) is 14.5 Å². The number of esters is 1. The number of methoxy groups -OCH3 is 1. The lowest BCUT2D eigenvalue weighted by Crippen LogP contribution is -2.38. The number of nitrogens with one attached hydrogen (secondary N) is 1. The standard InChI is InChI=1S/C25H22N2O7S/c1-3-34-25(30)16-12-13-22-19(14-16)27(15-23(28)26-18-9-5-6-10-20(18)33-2)24(29)17-8-4-7-11-21(17)35(22,31)32/h4-14H,3,15H2,1-2H3,(H,26,28). The number of fused-ring (bicyclic) bond motifs is 2. The zero-order valence-electron chi connectivity index (χ0n) is 19.0. The maximum absolute atomic E-state index is 13.5. The number of para-hydroxylation sites is 2. The minimum Gasteiger partial charge on any atom is -0.495 e. The van der Waals surface area contributed by atoms with Crippen LogP contribution < -0.4 is 15.0 Å². The first kappa shape index (κ1) is 24.0. The van der Waals surface area contributed by atoms with E-state index < -0.39 is 34.2 Å². The molecular formula is C25H22N2O7S. The Morgan fingerprint density at radius 1 is 0.971 bits per heavy atom. The quantitative estimate of drug-likeness (QED) is 0.522. The van der Waals surface area contributed by atoms with E-state index in [4.69, 9.17) is 9.47 Å². The fourth-order valence-corrected chi connectivity index (χ4v) is 5.42. The highest BCUT2D eigenvalue weighted by atomic mass is 32.2. The van der Waals surface area contributed by atoms with Gasteiger partial charge >= 0.3 is 5.97 Å². The van der Waals surface area contributed by atoms with Gasteiger partial charge in [0.05, 0.1) is 46.0 Å². The molecule has 3 aromatic carbocycles. The molecule has 3 aromatic rings. The van der Waals surface area contributed by atoms with Crippen molar-refractivity contribution in [3.63, 3.8) is 0 Å². The van der Waals surface area contributed by atoms with Crippen molar-refractivity contribution < 1.29 is 32.3 Å². The Morgan fingerprint density at radius 2 is 1.69 bits per heavy atom. The van der Waals surface area contributed by atoms with Crippen molar-refractivity contribution >= 4 is 39.0 Å². The molecule has 0 saturated heterocycles. The van der Waals surface area contributed by atoms with Gasteiger partial charge < -0.3 is 14.8 Å². The van der Waals surface area contributed by atoms with Crippen molar-refractivity contribution in [2.75, 3.05) is 30.5 Å². The van der Waals surface area contributed by atoms with Crippen LogP contribution in [-0.2, 0) is 19.4 Å². The maximum Gasteiger partial charge on any atom is 0.338 e. The van der Waals surface area contributed by atoms with Gasteiger partial charge in [0.25, 0.3) is 5.91 Å². The van der Waals surface area contributed by atoms with Crippen molar-refractivity contribution in [3.8, 4) is 5.75 Å². The highest BCUT2D eigenvalue weighted by Crippen LogP contribution is 2.37. The van der Waals surface area contributed by atoms with Crippen LogP contribution in [0.2, 0.25) is 0 Å². The number of carbonyl (C=O) groups excluding carboxylic acids is 3. The van der Waals surface area contributed by atoms with Gasteiger partial charge in [-0.1, -0.05) is 24.3 Å². The number of nitrogens with zero attached hydrogens (tertiary/aromatic N) is 1. The minimum absolute atomic E-state index is 0.0506. The third kappa shape index (κ3) is 4.47. The van der Waals surface area contributed by atoms with Crippen molar-refractivity contribution in [2.24, 2.45) is 0 Å². The van der Waals surface area contributed by atoms with E-state index in [0.29, 0.717) is 11.4 Å². The first-order valence-electron chi connectivity index (χ1n) is 10.7. The molecule has 0 radical (unpaired) electrons. The van der Waals surface area contributed by atoms with E-state index in [0.717, 1.165) is 4.90 Å². The molecule has 0 saturated carbocycles. The summed E-state index contributed by atoms with van der Waals surface area (Å²) in [5.41, 5.74) is 0.267. The second-order valence-electron chi connectivity index (χ2n) is 7.54. The summed E-state index contributed by atoms with van der Waals surface area (Å²) in [7, 11) is -2.67. The van der Waals surface area contributed by atoms with Gasteiger partial charge in [0.1, 0.15) is 12.3 Å². The second kappa shape index (κ2) is 9.59. The molecule has 0 spiro atoms. The SMILES string of the molecule is CCOC(=O)c1ccc2c(c1)N(CC(=O)Nc1ccccc1OC)C(=O)c1ccccc1S2(=O)=O. The molecule has 10 heteroatoms. The molecule has 0 fully saturated rings. The van der Waals surface area contributed by atoms with E-state index >= 15 is 0 Å². The normalized spacial score (nSPS) is 13.8. The number of hydrogen-bond donors (Lipinski definition) is 1. The summed E-state index contributed by atoms with van der Waals surface area (Å²) in [5.74, 6) is -1.55. The Bertz CT molecular complexity index is 1430. The third-order valence-corrected chi connectivity index (χ3v) is 7.24. The third-order valence-electron chi connectivity index (χ3n) is 5.39.